The molecule has 1 unspecified atom stereocenters. The van der Waals surface area contributed by atoms with Crippen molar-refractivity contribution in [1.29, 1.82) is 0 Å². The molecule has 0 spiro atoms. The monoisotopic (exact) mass is 557 g/mol. The first kappa shape index (κ1) is 27.6. The van der Waals surface area contributed by atoms with Gasteiger partial charge in [-0.15, -0.1) is 0 Å². The van der Waals surface area contributed by atoms with Crippen molar-refractivity contribution >= 4 is 36.5 Å². The maximum Gasteiger partial charge on any atom is 0.267 e. The number of carbonyl (C=O) groups is 1. The molecule has 1 atom stereocenters. The molecule has 1 amide bonds. The van der Waals surface area contributed by atoms with Crippen molar-refractivity contribution in [3.05, 3.63) is 143 Å². The number of nitrogens with zero attached hydrogens (tertiary/aromatic N) is 4. The summed E-state index contributed by atoms with van der Waals surface area (Å²) in [5.41, 5.74) is 4.19. The summed E-state index contributed by atoms with van der Waals surface area (Å²) in [6, 6.07) is 28.2. The van der Waals surface area contributed by atoms with E-state index in [0.717, 1.165) is 19.7 Å². The third-order valence-corrected chi connectivity index (χ3v) is 7.34. The molecule has 8 heteroatoms. The Kier molecular flexibility index (Phi) is 8.67. The zero-order chi connectivity index (χ0) is 28.6. The SMILES string of the molecule is CPc1ccnc2cc(C)ccc12.O=C(Nc1ccccn1)c1cc(-c2cccnc2)cn(-c2ccccc2)c1=O. The van der Waals surface area contributed by atoms with Gasteiger partial charge >= 0.3 is 0 Å². The Morgan fingerprint density at radius 2 is 1.66 bits per heavy atom. The van der Waals surface area contributed by atoms with E-state index in [9.17, 15) is 9.59 Å². The number of hydrogen-bond donors (Lipinski definition) is 1. The molecule has 202 valence electrons. The number of fused-ring (bicyclic) bond motifs is 1. The lowest BCUT2D eigenvalue weighted by molar-refractivity contribution is 0.102. The van der Waals surface area contributed by atoms with Gasteiger partial charge in [0.1, 0.15) is 11.4 Å². The standard InChI is InChI=1S/C22H16N4O2.C11H12NP/c27-21(25-20-10-4-5-12-24-20)19-13-17(16-7-6-11-23-14-16)15-26(22(19)28)18-8-2-1-3-9-18;1-8-3-4-9-10(7-8)12-6-5-11(9)13-2/h1-15H,(H,24,25,27);3-7,13H,1-2H3. The van der Waals surface area contributed by atoms with Gasteiger partial charge in [0.05, 0.1) is 5.52 Å². The first-order valence-corrected chi connectivity index (χ1v) is 14.5. The molecule has 1 N–H and O–H groups in total. The zero-order valence-electron chi connectivity index (χ0n) is 22.7. The molecule has 0 saturated heterocycles. The highest BCUT2D eigenvalue weighted by molar-refractivity contribution is 7.47. The predicted molar refractivity (Wildman–Crippen MR) is 168 cm³/mol. The van der Waals surface area contributed by atoms with Crippen molar-refractivity contribution in [3.63, 3.8) is 0 Å². The normalized spacial score (nSPS) is 10.8. The van der Waals surface area contributed by atoms with Crippen LogP contribution in [0, 0.1) is 6.92 Å². The number of anilines is 1. The number of pyridine rings is 4. The van der Waals surface area contributed by atoms with Crippen LogP contribution >= 0.6 is 8.58 Å². The summed E-state index contributed by atoms with van der Waals surface area (Å²) in [6.07, 6.45) is 8.55. The molecular weight excluding hydrogens is 529 g/mol. The summed E-state index contributed by atoms with van der Waals surface area (Å²) in [6.45, 7) is 4.30. The van der Waals surface area contributed by atoms with Gasteiger partial charge in [0.2, 0.25) is 0 Å². The fraction of sp³-hybridized carbons (Fsp3) is 0.0606. The van der Waals surface area contributed by atoms with Crippen LogP contribution < -0.4 is 16.2 Å². The van der Waals surface area contributed by atoms with Crippen LogP contribution in [0.4, 0.5) is 5.82 Å². The Morgan fingerprint density at radius 3 is 2.39 bits per heavy atom. The summed E-state index contributed by atoms with van der Waals surface area (Å²) in [5.74, 6) is -0.135. The van der Waals surface area contributed by atoms with Crippen LogP contribution in [0.5, 0.6) is 0 Å². The van der Waals surface area contributed by atoms with Crippen molar-refractivity contribution in [2.75, 3.05) is 12.0 Å². The second kappa shape index (κ2) is 12.9. The van der Waals surface area contributed by atoms with Gasteiger partial charge in [-0.1, -0.05) is 51.0 Å². The van der Waals surface area contributed by atoms with E-state index in [1.165, 1.54) is 20.8 Å². The molecule has 0 fully saturated rings. The molecule has 4 aromatic heterocycles. The average Bonchev–Trinajstić information content (AvgIpc) is 3.02. The lowest BCUT2D eigenvalue weighted by Gasteiger charge is -2.12. The van der Waals surface area contributed by atoms with Crippen LogP contribution in [0.1, 0.15) is 15.9 Å². The van der Waals surface area contributed by atoms with Crippen LogP contribution in [-0.4, -0.2) is 32.1 Å². The maximum atomic E-state index is 13.1. The minimum absolute atomic E-state index is 0.0239. The number of aryl methyl sites for hydroxylation is 1. The summed E-state index contributed by atoms with van der Waals surface area (Å²) in [7, 11) is 0.841. The molecular formula is C33H28N5O2P. The number of amides is 1. The quantitative estimate of drug-likeness (QED) is 0.262. The molecule has 0 radical (unpaired) electrons. The van der Waals surface area contributed by atoms with E-state index in [-0.39, 0.29) is 5.56 Å². The fourth-order valence-electron chi connectivity index (χ4n) is 4.31. The van der Waals surface area contributed by atoms with E-state index in [2.05, 4.69) is 58.1 Å². The number of rotatable bonds is 5. The number of para-hydroxylation sites is 1. The average molecular weight is 558 g/mol. The first-order valence-electron chi connectivity index (χ1n) is 13.0. The van der Waals surface area contributed by atoms with Crippen LogP contribution in [0.25, 0.3) is 27.7 Å². The lowest BCUT2D eigenvalue weighted by atomic mass is 10.1. The minimum atomic E-state index is -0.515. The first-order chi connectivity index (χ1) is 20.0. The van der Waals surface area contributed by atoms with E-state index in [0.29, 0.717) is 17.1 Å². The molecule has 0 bridgehead atoms. The Morgan fingerprint density at radius 1 is 0.829 bits per heavy atom. The molecule has 7 nitrogen and oxygen atoms in total. The van der Waals surface area contributed by atoms with Gasteiger partial charge in [-0.05, 0) is 73.0 Å². The van der Waals surface area contributed by atoms with Crippen molar-refractivity contribution < 1.29 is 4.79 Å². The number of benzene rings is 2. The van der Waals surface area contributed by atoms with Crippen molar-refractivity contribution in [3.8, 4) is 16.8 Å². The summed E-state index contributed by atoms with van der Waals surface area (Å²) >= 11 is 0. The number of nitrogens with one attached hydrogen (secondary N) is 1. The lowest BCUT2D eigenvalue weighted by Crippen LogP contribution is -2.28. The van der Waals surface area contributed by atoms with Gasteiger partial charge in [0.15, 0.2) is 0 Å². The van der Waals surface area contributed by atoms with Gasteiger partial charge in [-0.25, -0.2) is 4.98 Å². The highest BCUT2D eigenvalue weighted by atomic mass is 31.1. The second-order valence-electron chi connectivity index (χ2n) is 9.19. The van der Waals surface area contributed by atoms with E-state index >= 15 is 0 Å². The Labute approximate surface area is 239 Å². The predicted octanol–water partition coefficient (Wildman–Crippen LogP) is 6.02. The van der Waals surface area contributed by atoms with Crippen molar-refractivity contribution in [2.24, 2.45) is 0 Å². The Hall–Kier alpha value is -5.00. The molecule has 0 aliphatic heterocycles. The largest absolute Gasteiger partial charge is 0.306 e. The van der Waals surface area contributed by atoms with Gasteiger partial charge < -0.3 is 5.32 Å². The summed E-state index contributed by atoms with van der Waals surface area (Å²) in [5, 5.41) is 5.38. The molecule has 6 rings (SSSR count). The van der Waals surface area contributed by atoms with Crippen LogP contribution in [0.3, 0.4) is 0 Å². The fourth-order valence-corrected chi connectivity index (χ4v) is 5.03. The van der Waals surface area contributed by atoms with Crippen LogP contribution in [0.15, 0.2) is 127 Å². The molecule has 2 aromatic carbocycles. The van der Waals surface area contributed by atoms with Gasteiger partial charge in [0, 0.05) is 53.2 Å². The number of carbonyl (C=O) groups excluding carboxylic acids is 1. The van der Waals surface area contributed by atoms with E-state index < -0.39 is 11.5 Å². The van der Waals surface area contributed by atoms with Gasteiger partial charge in [-0.3, -0.25) is 24.1 Å². The molecule has 4 heterocycles. The van der Waals surface area contributed by atoms with Gasteiger partial charge in [0.25, 0.3) is 11.5 Å². The van der Waals surface area contributed by atoms with Crippen molar-refractivity contribution in [2.45, 2.75) is 6.92 Å². The molecule has 41 heavy (non-hydrogen) atoms. The van der Waals surface area contributed by atoms with E-state index in [1.807, 2.05) is 42.6 Å². The van der Waals surface area contributed by atoms with Crippen LogP contribution in [0.2, 0.25) is 0 Å². The molecule has 0 saturated carbocycles. The molecule has 0 aliphatic carbocycles. The molecule has 0 aliphatic rings. The number of aromatic nitrogens is 4. The highest BCUT2D eigenvalue weighted by Gasteiger charge is 2.17. The summed E-state index contributed by atoms with van der Waals surface area (Å²) in [4.78, 5) is 38.4. The van der Waals surface area contributed by atoms with E-state index in [1.54, 1.807) is 55.1 Å². The zero-order valence-corrected chi connectivity index (χ0v) is 23.7. The Bertz CT molecular complexity index is 1840. The van der Waals surface area contributed by atoms with Crippen molar-refractivity contribution in [1.82, 2.24) is 19.5 Å². The van der Waals surface area contributed by atoms with Crippen LogP contribution in [-0.2, 0) is 0 Å². The highest BCUT2D eigenvalue weighted by Crippen LogP contribution is 2.20. The number of hydrogen-bond acceptors (Lipinski definition) is 5. The molecule has 6 aromatic rings. The Balaban J connectivity index is 0.000000216. The minimum Gasteiger partial charge on any atom is -0.306 e. The second-order valence-corrected chi connectivity index (χ2v) is 10.2. The van der Waals surface area contributed by atoms with Gasteiger partial charge in [-0.2, -0.15) is 0 Å². The van der Waals surface area contributed by atoms with E-state index in [4.69, 9.17) is 0 Å². The topological polar surface area (TPSA) is 89.8 Å². The smallest absolute Gasteiger partial charge is 0.267 e. The summed E-state index contributed by atoms with van der Waals surface area (Å²) < 4.78 is 1.47. The third kappa shape index (κ3) is 6.60. The third-order valence-electron chi connectivity index (χ3n) is 6.37. The maximum absolute atomic E-state index is 13.1.